The normalized spacial score (nSPS) is 10.8. The first-order chi connectivity index (χ1) is 6.09. The first-order valence-corrected chi connectivity index (χ1v) is 5.07. The number of aromatic nitrogens is 2. The molecule has 0 atom stereocenters. The van der Waals surface area contributed by atoms with Crippen molar-refractivity contribution in [2.45, 2.75) is 0 Å². The predicted octanol–water partition coefficient (Wildman–Crippen LogP) is 2.22. The van der Waals surface area contributed by atoms with E-state index in [0.717, 1.165) is 0 Å². The Morgan fingerprint density at radius 1 is 1.46 bits per heavy atom. The highest BCUT2D eigenvalue weighted by molar-refractivity contribution is 9.11. The van der Waals surface area contributed by atoms with Crippen LogP contribution in [-0.2, 0) is 0 Å². The Kier molecular flexibility index (Phi) is 3.80. The first kappa shape index (κ1) is 10.6. The number of hydrogen-bond acceptors (Lipinski definition) is 3. The minimum Gasteiger partial charge on any atom is -0.369 e. The molecule has 0 bridgehead atoms. The predicted molar refractivity (Wildman–Crippen MR) is 59.3 cm³/mol. The van der Waals surface area contributed by atoms with Crippen molar-refractivity contribution in [1.29, 1.82) is 0 Å². The van der Waals surface area contributed by atoms with Gasteiger partial charge in [0, 0.05) is 14.1 Å². The van der Waals surface area contributed by atoms with E-state index in [4.69, 9.17) is 0 Å². The molecule has 6 heteroatoms. The van der Waals surface area contributed by atoms with Crippen molar-refractivity contribution in [3.8, 4) is 0 Å². The minimum absolute atomic E-state index is 0.567. The second-order valence-electron chi connectivity index (χ2n) is 2.52. The molecule has 70 valence electrons. The summed E-state index contributed by atoms with van der Waals surface area (Å²) < 4.78 is 1.31. The molecule has 0 aliphatic heterocycles. The molecule has 0 N–H and O–H groups in total. The molecule has 0 aliphatic rings. The lowest BCUT2D eigenvalue weighted by Gasteiger charge is -2.02. The van der Waals surface area contributed by atoms with E-state index in [1.807, 2.05) is 19.0 Å². The number of aliphatic imine (C=N–C) groups is 1. The van der Waals surface area contributed by atoms with Crippen molar-refractivity contribution in [2.75, 3.05) is 14.1 Å². The molecule has 0 aromatic carbocycles. The molecule has 1 heterocycles. The van der Waals surface area contributed by atoms with Crippen LogP contribution in [0.4, 0.5) is 5.82 Å². The van der Waals surface area contributed by atoms with Gasteiger partial charge in [-0.2, -0.15) is 0 Å². The van der Waals surface area contributed by atoms with E-state index in [9.17, 15) is 0 Å². The summed E-state index contributed by atoms with van der Waals surface area (Å²) in [5.41, 5.74) is 0. The molecule has 1 aromatic rings. The molecule has 1 aromatic heterocycles. The summed E-state index contributed by atoms with van der Waals surface area (Å²) in [4.78, 5) is 14.1. The maximum Gasteiger partial charge on any atom is 0.186 e. The molecule has 0 unspecified atom stereocenters. The zero-order valence-corrected chi connectivity index (χ0v) is 10.4. The van der Waals surface area contributed by atoms with Crippen LogP contribution in [0.25, 0.3) is 0 Å². The average Bonchev–Trinajstić information content (AvgIpc) is 2.02. The number of rotatable bonds is 2. The third-order valence-electron chi connectivity index (χ3n) is 1.09. The van der Waals surface area contributed by atoms with Gasteiger partial charge in [-0.15, -0.1) is 0 Å². The van der Waals surface area contributed by atoms with Crippen molar-refractivity contribution in [3.63, 3.8) is 0 Å². The first-order valence-electron chi connectivity index (χ1n) is 3.48. The molecular formula is C7H8Br2N4. The van der Waals surface area contributed by atoms with Gasteiger partial charge in [-0.25, -0.2) is 15.0 Å². The Morgan fingerprint density at radius 2 is 2.15 bits per heavy atom. The Labute approximate surface area is 93.4 Å². The van der Waals surface area contributed by atoms with Gasteiger partial charge < -0.3 is 4.90 Å². The number of nitrogens with zero attached hydrogens (tertiary/aromatic N) is 4. The quantitative estimate of drug-likeness (QED) is 0.621. The molecular weight excluding hydrogens is 300 g/mol. The molecule has 13 heavy (non-hydrogen) atoms. The maximum atomic E-state index is 4.11. The lowest BCUT2D eigenvalue weighted by atomic mass is 10.7. The monoisotopic (exact) mass is 306 g/mol. The van der Waals surface area contributed by atoms with Crippen LogP contribution in [0.2, 0.25) is 0 Å². The summed E-state index contributed by atoms with van der Waals surface area (Å²) in [6.45, 7) is 0. The molecule has 0 aliphatic carbocycles. The molecule has 1 rings (SSSR count). The Bertz CT molecular complexity index is 324. The zero-order chi connectivity index (χ0) is 9.84. The van der Waals surface area contributed by atoms with Gasteiger partial charge in [0.1, 0.15) is 4.60 Å². The summed E-state index contributed by atoms with van der Waals surface area (Å²) in [6, 6.07) is 0. The molecule has 0 saturated heterocycles. The second kappa shape index (κ2) is 4.66. The van der Waals surface area contributed by atoms with Crippen molar-refractivity contribution in [3.05, 3.63) is 15.4 Å². The van der Waals surface area contributed by atoms with E-state index in [1.54, 1.807) is 12.5 Å². The van der Waals surface area contributed by atoms with Crippen LogP contribution >= 0.6 is 31.9 Å². The van der Waals surface area contributed by atoms with E-state index < -0.39 is 0 Å². The second-order valence-corrected chi connectivity index (χ2v) is 4.08. The summed E-state index contributed by atoms with van der Waals surface area (Å²) >= 11 is 6.47. The SMILES string of the molecule is CN(C)C=Nc1ncc(Br)nc1Br. The molecule has 0 fully saturated rings. The van der Waals surface area contributed by atoms with Crippen LogP contribution < -0.4 is 0 Å². The van der Waals surface area contributed by atoms with E-state index in [1.165, 1.54) is 0 Å². The smallest absolute Gasteiger partial charge is 0.186 e. The lowest BCUT2D eigenvalue weighted by Crippen LogP contribution is -2.07. The van der Waals surface area contributed by atoms with Gasteiger partial charge in [0.05, 0.1) is 12.5 Å². The highest BCUT2D eigenvalue weighted by Crippen LogP contribution is 2.21. The molecule has 0 radical (unpaired) electrons. The highest BCUT2D eigenvalue weighted by atomic mass is 79.9. The van der Waals surface area contributed by atoms with E-state index in [-0.39, 0.29) is 0 Å². The highest BCUT2D eigenvalue weighted by Gasteiger charge is 2.00. The zero-order valence-electron chi connectivity index (χ0n) is 7.20. The Morgan fingerprint density at radius 3 is 2.69 bits per heavy atom. The van der Waals surface area contributed by atoms with Crippen molar-refractivity contribution < 1.29 is 0 Å². The third-order valence-corrected chi connectivity index (χ3v) is 2.01. The van der Waals surface area contributed by atoms with Crippen LogP contribution in [0.3, 0.4) is 0 Å². The fraction of sp³-hybridized carbons (Fsp3) is 0.286. The largest absolute Gasteiger partial charge is 0.369 e. The summed E-state index contributed by atoms with van der Waals surface area (Å²) in [7, 11) is 3.79. The van der Waals surface area contributed by atoms with Gasteiger partial charge in [0.2, 0.25) is 0 Å². The van der Waals surface area contributed by atoms with E-state index in [0.29, 0.717) is 15.0 Å². The molecule has 0 saturated carbocycles. The molecule has 0 amide bonds. The van der Waals surface area contributed by atoms with Gasteiger partial charge in [0.15, 0.2) is 10.4 Å². The Balaban J connectivity index is 2.90. The van der Waals surface area contributed by atoms with Crippen LogP contribution in [0.1, 0.15) is 0 Å². The van der Waals surface area contributed by atoms with Crippen molar-refractivity contribution >= 4 is 44.0 Å². The van der Waals surface area contributed by atoms with Gasteiger partial charge in [-0.3, -0.25) is 0 Å². The van der Waals surface area contributed by atoms with E-state index >= 15 is 0 Å². The molecule has 4 nitrogen and oxygen atoms in total. The van der Waals surface area contributed by atoms with Gasteiger partial charge >= 0.3 is 0 Å². The van der Waals surface area contributed by atoms with E-state index in [2.05, 4.69) is 46.8 Å². The van der Waals surface area contributed by atoms with Crippen LogP contribution in [-0.4, -0.2) is 35.3 Å². The maximum absolute atomic E-state index is 4.11. The third kappa shape index (κ3) is 3.40. The fourth-order valence-electron chi connectivity index (χ4n) is 0.597. The van der Waals surface area contributed by atoms with Crippen molar-refractivity contribution in [2.24, 2.45) is 4.99 Å². The topological polar surface area (TPSA) is 41.4 Å². The summed E-state index contributed by atoms with van der Waals surface area (Å²) in [6.07, 6.45) is 3.27. The summed E-state index contributed by atoms with van der Waals surface area (Å²) in [5, 5.41) is 0. The van der Waals surface area contributed by atoms with Crippen molar-refractivity contribution in [1.82, 2.24) is 14.9 Å². The standard InChI is InChI=1S/C7H8Br2N4/c1-13(2)4-11-7-6(9)12-5(8)3-10-7/h3-4H,1-2H3. The average molecular weight is 308 g/mol. The van der Waals surface area contributed by atoms with Gasteiger partial charge in [-0.05, 0) is 31.9 Å². The fourth-order valence-corrected chi connectivity index (χ4v) is 1.51. The van der Waals surface area contributed by atoms with Gasteiger partial charge in [-0.1, -0.05) is 0 Å². The number of halogens is 2. The van der Waals surface area contributed by atoms with Crippen LogP contribution in [0, 0.1) is 0 Å². The number of hydrogen-bond donors (Lipinski definition) is 0. The van der Waals surface area contributed by atoms with Crippen LogP contribution in [0.15, 0.2) is 20.4 Å². The van der Waals surface area contributed by atoms with Crippen LogP contribution in [0.5, 0.6) is 0 Å². The summed E-state index contributed by atoms with van der Waals surface area (Å²) in [5.74, 6) is 0.567. The molecule has 0 spiro atoms. The minimum atomic E-state index is 0.567. The Hall–Kier alpha value is -0.490. The lowest BCUT2D eigenvalue weighted by molar-refractivity contribution is 0.643. The van der Waals surface area contributed by atoms with Gasteiger partial charge in [0.25, 0.3) is 0 Å².